The number of nitro groups is 1. The summed E-state index contributed by atoms with van der Waals surface area (Å²) in [6.07, 6.45) is 0.434. The van der Waals surface area contributed by atoms with Gasteiger partial charge in [0.25, 0.3) is 5.69 Å². The first-order valence-electron chi connectivity index (χ1n) is 8.48. The summed E-state index contributed by atoms with van der Waals surface area (Å²) in [5, 5.41) is 10.7. The largest absolute Gasteiger partial charge is 0.415 e. The van der Waals surface area contributed by atoms with Crippen LogP contribution in [0.2, 0.25) is 0 Å². The summed E-state index contributed by atoms with van der Waals surface area (Å²) >= 11 is 0. The smallest absolute Gasteiger partial charge is 0.410 e. The van der Waals surface area contributed by atoms with Crippen LogP contribution in [-0.4, -0.2) is 47.0 Å². The van der Waals surface area contributed by atoms with Crippen molar-refractivity contribution in [1.82, 2.24) is 9.80 Å². The van der Waals surface area contributed by atoms with Crippen molar-refractivity contribution >= 4 is 11.8 Å². The summed E-state index contributed by atoms with van der Waals surface area (Å²) in [5.74, 6) is 0.298. The Morgan fingerprint density at radius 2 is 1.92 bits per heavy atom. The predicted molar refractivity (Wildman–Crippen MR) is 97.0 cm³/mol. The minimum absolute atomic E-state index is 0.0366. The van der Waals surface area contributed by atoms with Crippen molar-refractivity contribution in [2.75, 3.05) is 20.1 Å². The van der Waals surface area contributed by atoms with Crippen molar-refractivity contribution in [2.45, 2.75) is 19.0 Å². The summed E-state index contributed by atoms with van der Waals surface area (Å²) in [7, 11) is 1.73. The summed E-state index contributed by atoms with van der Waals surface area (Å²) in [6.45, 7) is 2.58. The second-order valence-corrected chi connectivity index (χ2v) is 6.39. The van der Waals surface area contributed by atoms with E-state index in [4.69, 9.17) is 4.74 Å². The number of carbonyl (C=O) groups is 1. The summed E-state index contributed by atoms with van der Waals surface area (Å²) in [5.41, 5.74) is 1.22. The molecule has 0 aromatic heterocycles. The predicted octanol–water partition coefficient (Wildman–Crippen LogP) is 3.30. The van der Waals surface area contributed by atoms with Crippen molar-refractivity contribution < 1.29 is 14.5 Å². The van der Waals surface area contributed by atoms with E-state index in [1.807, 2.05) is 18.2 Å². The van der Waals surface area contributed by atoms with Crippen LogP contribution in [0.4, 0.5) is 10.5 Å². The van der Waals surface area contributed by atoms with Crippen LogP contribution < -0.4 is 4.74 Å². The highest BCUT2D eigenvalue weighted by Crippen LogP contribution is 2.21. The van der Waals surface area contributed by atoms with E-state index in [1.54, 1.807) is 11.9 Å². The third-order valence-corrected chi connectivity index (χ3v) is 4.58. The highest BCUT2D eigenvalue weighted by Gasteiger charge is 2.29. The Kier molecular flexibility index (Phi) is 5.48. The van der Waals surface area contributed by atoms with Crippen LogP contribution in [0.15, 0.2) is 54.6 Å². The first-order valence-corrected chi connectivity index (χ1v) is 8.48. The SMILES string of the molecule is CN(C(=O)Oc1ccc([N+](=O)[O-])cc1)[C@H]1CCN(Cc2ccccc2)C1. The molecule has 0 spiro atoms. The number of rotatable bonds is 5. The molecule has 136 valence electrons. The zero-order chi connectivity index (χ0) is 18.5. The second kappa shape index (κ2) is 7.97. The van der Waals surface area contributed by atoms with E-state index in [0.717, 1.165) is 26.1 Å². The number of nitro benzene ring substituents is 1. The quantitative estimate of drug-likeness (QED) is 0.608. The lowest BCUT2D eigenvalue weighted by Gasteiger charge is -2.24. The van der Waals surface area contributed by atoms with E-state index in [1.165, 1.54) is 29.8 Å². The Balaban J connectivity index is 1.53. The van der Waals surface area contributed by atoms with E-state index in [2.05, 4.69) is 17.0 Å². The molecule has 1 atom stereocenters. The molecule has 1 amide bonds. The molecule has 26 heavy (non-hydrogen) atoms. The zero-order valence-electron chi connectivity index (χ0n) is 14.6. The maximum absolute atomic E-state index is 12.3. The molecule has 1 aliphatic heterocycles. The van der Waals surface area contributed by atoms with Gasteiger partial charge in [0.15, 0.2) is 0 Å². The van der Waals surface area contributed by atoms with Crippen LogP contribution >= 0.6 is 0 Å². The molecular formula is C19H21N3O4. The van der Waals surface area contributed by atoms with Gasteiger partial charge in [-0.2, -0.15) is 0 Å². The summed E-state index contributed by atoms with van der Waals surface area (Å²) in [6, 6.07) is 15.8. The number of carbonyl (C=O) groups excluding carboxylic acids is 1. The molecule has 7 nitrogen and oxygen atoms in total. The number of likely N-dealkylation sites (tertiary alicyclic amines) is 1. The van der Waals surface area contributed by atoms with Gasteiger partial charge in [0.1, 0.15) is 5.75 Å². The van der Waals surface area contributed by atoms with E-state index >= 15 is 0 Å². The molecule has 7 heteroatoms. The number of non-ortho nitro benzene ring substituents is 1. The van der Waals surface area contributed by atoms with E-state index in [-0.39, 0.29) is 11.7 Å². The van der Waals surface area contributed by atoms with Gasteiger partial charge in [-0.1, -0.05) is 30.3 Å². The molecule has 2 aromatic rings. The summed E-state index contributed by atoms with van der Waals surface area (Å²) < 4.78 is 5.32. The molecule has 0 bridgehead atoms. The lowest BCUT2D eigenvalue weighted by Crippen LogP contribution is -2.40. The maximum Gasteiger partial charge on any atom is 0.415 e. The van der Waals surface area contributed by atoms with E-state index < -0.39 is 11.0 Å². The van der Waals surface area contributed by atoms with Crippen LogP contribution in [0, 0.1) is 10.1 Å². The highest BCUT2D eigenvalue weighted by atomic mass is 16.6. The molecule has 0 N–H and O–H groups in total. The van der Waals surface area contributed by atoms with Crippen molar-refractivity contribution in [3.63, 3.8) is 0 Å². The van der Waals surface area contributed by atoms with Gasteiger partial charge in [-0.25, -0.2) is 4.79 Å². The Bertz CT molecular complexity index is 764. The molecule has 1 fully saturated rings. The fourth-order valence-corrected chi connectivity index (χ4v) is 3.07. The molecule has 0 saturated carbocycles. The van der Waals surface area contributed by atoms with Crippen LogP contribution in [-0.2, 0) is 6.54 Å². The van der Waals surface area contributed by atoms with Gasteiger partial charge in [-0.15, -0.1) is 0 Å². The lowest BCUT2D eigenvalue weighted by atomic mass is 10.2. The number of amides is 1. The molecule has 1 aliphatic rings. The van der Waals surface area contributed by atoms with E-state index in [0.29, 0.717) is 5.75 Å². The molecule has 3 rings (SSSR count). The third kappa shape index (κ3) is 4.37. The van der Waals surface area contributed by atoms with Crippen LogP contribution in [0.3, 0.4) is 0 Å². The average Bonchev–Trinajstić information content (AvgIpc) is 3.10. The fraction of sp³-hybridized carbons (Fsp3) is 0.316. The topological polar surface area (TPSA) is 75.9 Å². The third-order valence-electron chi connectivity index (χ3n) is 4.58. The standard InChI is InChI=1S/C19H21N3O4/c1-20(19(23)26-18-9-7-16(8-10-18)22(24)25)17-11-12-21(14-17)13-15-5-3-2-4-6-15/h2-10,17H,11-14H2,1H3/t17-/m0/s1. The van der Waals surface area contributed by atoms with Gasteiger partial charge in [-0.05, 0) is 24.1 Å². The number of likely N-dealkylation sites (N-methyl/N-ethyl adjacent to an activating group) is 1. The van der Waals surface area contributed by atoms with Gasteiger partial charge in [-0.3, -0.25) is 15.0 Å². The van der Waals surface area contributed by atoms with E-state index in [9.17, 15) is 14.9 Å². The van der Waals surface area contributed by atoms with Gasteiger partial charge >= 0.3 is 6.09 Å². The first kappa shape index (κ1) is 17.9. The number of benzene rings is 2. The molecule has 2 aromatic carbocycles. The molecule has 0 aliphatic carbocycles. The number of hydrogen-bond acceptors (Lipinski definition) is 5. The van der Waals surface area contributed by atoms with Crippen molar-refractivity contribution in [3.8, 4) is 5.75 Å². The molecule has 0 unspecified atom stereocenters. The Hall–Kier alpha value is -2.93. The molecule has 1 saturated heterocycles. The van der Waals surface area contributed by atoms with Crippen molar-refractivity contribution in [3.05, 3.63) is 70.3 Å². The number of ether oxygens (including phenoxy) is 1. The minimum atomic E-state index is -0.489. The zero-order valence-corrected chi connectivity index (χ0v) is 14.6. The minimum Gasteiger partial charge on any atom is -0.410 e. The van der Waals surface area contributed by atoms with Crippen LogP contribution in [0.5, 0.6) is 5.75 Å². The summed E-state index contributed by atoms with van der Waals surface area (Å²) in [4.78, 5) is 26.4. The Morgan fingerprint density at radius 3 is 2.58 bits per heavy atom. The van der Waals surface area contributed by atoms with Gasteiger partial charge in [0.05, 0.1) is 4.92 Å². The first-order chi connectivity index (χ1) is 12.5. The van der Waals surface area contributed by atoms with Crippen LogP contribution in [0.25, 0.3) is 0 Å². The Labute approximate surface area is 151 Å². The maximum atomic E-state index is 12.3. The van der Waals surface area contributed by atoms with Crippen molar-refractivity contribution in [2.24, 2.45) is 0 Å². The highest BCUT2D eigenvalue weighted by molar-refractivity contribution is 5.71. The normalized spacial score (nSPS) is 17.0. The fourth-order valence-electron chi connectivity index (χ4n) is 3.07. The van der Waals surface area contributed by atoms with Gasteiger partial charge in [0.2, 0.25) is 0 Å². The molecule has 1 heterocycles. The molecule has 0 radical (unpaired) electrons. The van der Waals surface area contributed by atoms with Crippen molar-refractivity contribution in [1.29, 1.82) is 0 Å². The number of hydrogen-bond donors (Lipinski definition) is 0. The number of nitrogens with zero attached hydrogens (tertiary/aromatic N) is 3. The second-order valence-electron chi connectivity index (χ2n) is 6.39. The van der Waals surface area contributed by atoms with Gasteiger partial charge < -0.3 is 9.64 Å². The average molecular weight is 355 g/mol. The monoisotopic (exact) mass is 355 g/mol. The van der Waals surface area contributed by atoms with Gasteiger partial charge in [0, 0.05) is 44.9 Å². The van der Waals surface area contributed by atoms with Crippen LogP contribution in [0.1, 0.15) is 12.0 Å². The molecular weight excluding hydrogens is 334 g/mol. The Morgan fingerprint density at radius 1 is 1.23 bits per heavy atom. The lowest BCUT2D eigenvalue weighted by molar-refractivity contribution is -0.384.